The second-order valence-corrected chi connectivity index (χ2v) is 4.26. The molecule has 1 aliphatic rings. The SMILES string of the molecule is COc1ccc(C(C#N)N2CCCCC2)cn1. The second kappa shape index (κ2) is 5.65. The number of likely N-dealkylation sites (tertiary alicyclic amines) is 1. The molecule has 0 radical (unpaired) electrons. The van der Waals surface area contributed by atoms with Crippen molar-refractivity contribution >= 4 is 0 Å². The molecule has 1 saturated heterocycles. The normalized spacial score (nSPS) is 18.4. The van der Waals surface area contributed by atoms with Crippen molar-refractivity contribution < 1.29 is 4.74 Å². The van der Waals surface area contributed by atoms with Crippen LogP contribution in [0.5, 0.6) is 5.88 Å². The first-order valence-electron chi connectivity index (χ1n) is 5.99. The van der Waals surface area contributed by atoms with Crippen molar-refractivity contribution in [2.75, 3.05) is 20.2 Å². The van der Waals surface area contributed by atoms with E-state index in [4.69, 9.17) is 4.74 Å². The third-order valence-corrected chi connectivity index (χ3v) is 3.16. The van der Waals surface area contributed by atoms with Crippen LogP contribution in [0.4, 0.5) is 0 Å². The molecule has 0 amide bonds. The Kier molecular flexibility index (Phi) is 3.94. The standard InChI is InChI=1S/C13H17N3O/c1-17-13-6-5-11(10-15-13)12(9-14)16-7-3-2-4-8-16/h5-6,10,12H,2-4,7-8H2,1H3. The van der Waals surface area contributed by atoms with E-state index in [9.17, 15) is 5.26 Å². The minimum absolute atomic E-state index is 0.172. The largest absolute Gasteiger partial charge is 0.481 e. The molecule has 0 saturated carbocycles. The predicted octanol–water partition coefficient (Wildman–Crippen LogP) is 2.14. The van der Waals surface area contributed by atoms with Crippen LogP contribution < -0.4 is 4.74 Å². The number of methoxy groups -OCH3 is 1. The lowest BCUT2D eigenvalue weighted by Gasteiger charge is -2.30. The van der Waals surface area contributed by atoms with Crippen LogP contribution in [0.2, 0.25) is 0 Å². The summed E-state index contributed by atoms with van der Waals surface area (Å²) in [6.07, 6.45) is 5.38. The van der Waals surface area contributed by atoms with Crippen molar-refractivity contribution in [3.8, 4) is 11.9 Å². The molecule has 0 bridgehead atoms. The molecule has 2 heterocycles. The number of nitrogens with zero attached hydrogens (tertiary/aromatic N) is 3. The van der Waals surface area contributed by atoms with Gasteiger partial charge < -0.3 is 4.74 Å². The van der Waals surface area contributed by atoms with E-state index in [1.54, 1.807) is 13.3 Å². The highest BCUT2D eigenvalue weighted by atomic mass is 16.5. The predicted molar refractivity (Wildman–Crippen MR) is 64.6 cm³/mol. The summed E-state index contributed by atoms with van der Waals surface area (Å²) in [6.45, 7) is 2.01. The molecule has 2 rings (SSSR count). The molecule has 4 nitrogen and oxygen atoms in total. The van der Waals surface area contributed by atoms with E-state index in [2.05, 4.69) is 16.0 Å². The molecular weight excluding hydrogens is 214 g/mol. The van der Waals surface area contributed by atoms with Crippen molar-refractivity contribution in [1.29, 1.82) is 5.26 Å². The molecule has 1 aromatic rings. The highest BCUT2D eigenvalue weighted by Crippen LogP contribution is 2.24. The Labute approximate surface area is 102 Å². The van der Waals surface area contributed by atoms with Crippen LogP contribution in [-0.4, -0.2) is 30.1 Å². The van der Waals surface area contributed by atoms with E-state index in [1.165, 1.54) is 19.3 Å². The number of aromatic nitrogens is 1. The maximum absolute atomic E-state index is 9.31. The fourth-order valence-corrected chi connectivity index (χ4v) is 2.22. The van der Waals surface area contributed by atoms with Gasteiger partial charge in [0.25, 0.3) is 0 Å². The molecule has 1 aliphatic heterocycles. The van der Waals surface area contributed by atoms with Gasteiger partial charge in [-0.3, -0.25) is 4.90 Å². The second-order valence-electron chi connectivity index (χ2n) is 4.26. The van der Waals surface area contributed by atoms with E-state index in [1.807, 2.05) is 12.1 Å². The molecule has 0 aliphatic carbocycles. The van der Waals surface area contributed by atoms with Crippen LogP contribution in [0.1, 0.15) is 30.9 Å². The van der Waals surface area contributed by atoms with Crippen LogP contribution >= 0.6 is 0 Å². The first-order valence-corrected chi connectivity index (χ1v) is 5.99. The molecule has 0 aromatic carbocycles. The lowest BCUT2D eigenvalue weighted by Crippen LogP contribution is -2.33. The summed E-state index contributed by atoms with van der Waals surface area (Å²) < 4.78 is 5.02. The van der Waals surface area contributed by atoms with Gasteiger partial charge in [0.2, 0.25) is 5.88 Å². The zero-order chi connectivity index (χ0) is 12.1. The Balaban J connectivity index is 2.13. The van der Waals surface area contributed by atoms with E-state index in [0.29, 0.717) is 5.88 Å². The first kappa shape index (κ1) is 11.9. The molecule has 0 spiro atoms. The molecule has 0 N–H and O–H groups in total. The Morgan fingerprint density at radius 3 is 2.65 bits per heavy atom. The van der Waals surface area contributed by atoms with Gasteiger partial charge in [-0.15, -0.1) is 0 Å². The van der Waals surface area contributed by atoms with E-state index < -0.39 is 0 Å². The maximum Gasteiger partial charge on any atom is 0.212 e. The number of rotatable bonds is 3. The molecule has 4 heteroatoms. The van der Waals surface area contributed by atoms with Crippen LogP contribution in [-0.2, 0) is 0 Å². The number of ether oxygens (including phenoxy) is 1. The third kappa shape index (κ3) is 2.75. The highest BCUT2D eigenvalue weighted by Gasteiger charge is 2.22. The summed E-state index contributed by atoms with van der Waals surface area (Å²) >= 11 is 0. The van der Waals surface area contributed by atoms with Crippen molar-refractivity contribution in [3.63, 3.8) is 0 Å². The van der Waals surface area contributed by atoms with Gasteiger partial charge in [0.05, 0.1) is 13.2 Å². The van der Waals surface area contributed by atoms with Gasteiger partial charge in [0.1, 0.15) is 6.04 Å². The minimum atomic E-state index is -0.172. The minimum Gasteiger partial charge on any atom is -0.481 e. The van der Waals surface area contributed by atoms with Gasteiger partial charge in [0, 0.05) is 17.8 Å². The summed E-state index contributed by atoms with van der Waals surface area (Å²) in [7, 11) is 1.59. The van der Waals surface area contributed by atoms with E-state index in [0.717, 1.165) is 18.7 Å². The molecule has 90 valence electrons. The third-order valence-electron chi connectivity index (χ3n) is 3.16. The molecule has 17 heavy (non-hydrogen) atoms. The first-order chi connectivity index (χ1) is 8.35. The molecule has 1 aromatic heterocycles. The lowest BCUT2D eigenvalue weighted by atomic mass is 10.0. The monoisotopic (exact) mass is 231 g/mol. The topological polar surface area (TPSA) is 49.1 Å². The Bertz CT molecular complexity index is 390. The summed E-state index contributed by atoms with van der Waals surface area (Å²) in [6, 6.07) is 5.93. The highest BCUT2D eigenvalue weighted by molar-refractivity contribution is 5.25. The zero-order valence-corrected chi connectivity index (χ0v) is 10.1. The molecule has 1 unspecified atom stereocenters. The van der Waals surface area contributed by atoms with Gasteiger partial charge in [0.15, 0.2) is 0 Å². The fraction of sp³-hybridized carbons (Fsp3) is 0.538. The number of nitriles is 1. The summed E-state index contributed by atoms with van der Waals surface area (Å²) in [5.74, 6) is 0.587. The fourth-order valence-electron chi connectivity index (χ4n) is 2.22. The average Bonchev–Trinajstić information content (AvgIpc) is 2.42. The lowest BCUT2D eigenvalue weighted by molar-refractivity contribution is 0.196. The van der Waals surface area contributed by atoms with E-state index in [-0.39, 0.29) is 6.04 Å². The number of hydrogen-bond donors (Lipinski definition) is 0. The zero-order valence-electron chi connectivity index (χ0n) is 10.1. The van der Waals surface area contributed by atoms with Crippen LogP contribution in [0, 0.1) is 11.3 Å². The number of pyridine rings is 1. The molecule has 1 fully saturated rings. The number of piperidine rings is 1. The van der Waals surface area contributed by atoms with Crippen molar-refractivity contribution in [3.05, 3.63) is 23.9 Å². The van der Waals surface area contributed by atoms with Crippen LogP contribution in [0.25, 0.3) is 0 Å². The Morgan fingerprint density at radius 2 is 2.12 bits per heavy atom. The van der Waals surface area contributed by atoms with Gasteiger partial charge >= 0.3 is 0 Å². The number of hydrogen-bond acceptors (Lipinski definition) is 4. The quantitative estimate of drug-likeness (QED) is 0.799. The Morgan fingerprint density at radius 1 is 1.35 bits per heavy atom. The van der Waals surface area contributed by atoms with Crippen LogP contribution in [0.3, 0.4) is 0 Å². The van der Waals surface area contributed by atoms with Crippen LogP contribution in [0.15, 0.2) is 18.3 Å². The summed E-state index contributed by atoms with van der Waals surface area (Å²) in [5, 5.41) is 9.31. The van der Waals surface area contributed by atoms with Gasteiger partial charge in [-0.2, -0.15) is 5.26 Å². The molecule has 1 atom stereocenters. The smallest absolute Gasteiger partial charge is 0.212 e. The van der Waals surface area contributed by atoms with Crippen molar-refractivity contribution in [2.45, 2.75) is 25.3 Å². The molecular formula is C13H17N3O. The van der Waals surface area contributed by atoms with Gasteiger partial charge in [-0.1, -0.05) is 6.42 Å². The van der Waals surface area contributed by atoms with Crippen molar-refractivity contribution in [2.24, 2.45) is 0 Å². The van der Waals surface area contributed by atoms with Crippen molar-refractivity contribution in [1.82, 2.24) is 9.88 Å². The Hall–Kier alpha value is -1.60. The summed E-state index contributed by atoms with van der Waals surface area (Å²) in [5.41, 5.74) is 0.954. The van der Waals surface area contributed by atoms with Gasteiger partial charge in [-0.05, 0) is 32.0 Å². The van der Waals surface area contributed by atoms with Gasteiger partial charge in [-0.25, -0.2) is 4.98 Å². The maximum atomic E-state index is 9.31. The average molecular weight is 231 g/mol. The van der Waals surface area contributed by atoms with E-state index >= 15 is 0 Å². The summed E-state index contributed by atoms with van der Waals surface area (Å²) in [4.78, 5) is 6.39.